The molecule has 0 bridgehead atoms. The van der Waals surface area contributed by atoms with E-state index in [4.69, 9.17) is 18.9 Å². The lowest BCUT2D eigenvalue weighted by Gasteiger charge is -2.26. The first-order chi connectivity index (χ1) is 48.6. The largest absolute Gasteiger partial charge is 0.545 e. The summed E-state index contributed by atoms with van der Waals surface area (Å²) in [6.07, 6.45) is 113. The fraction of sp³-hybridized carbons (Fsp3) is 0.700. The Bertz CT molecular complexity index is 2150. The van der Waals surface area contributed by atoms with Crippen molar-refractivity contribution in [2.24, 2.45) is 0 Å². The molecule has 9 heteroatoms. The number of ether oxygens (including phenoxy) is 4. The highest BCUT2D eigenvalue weighted by atomic mass is 16.7. The van der Waals surface area contributed by atoms with Gasteiger partial charge in [-0.3, -0.25) is 9.59 Å². The number of likely N-dealkylation sites (N-methyl/N-ethyl adjacent to an activating group) is 1. The molecule has 0 aromatic rings. The third kappa shape index (κ3) is 80.4. The molecule has 0 N–H and O–H groups in total. The van der Waals surface area contributed by atoms with Crippen LogP contribution in [0.25, 0.3) is 0 Å². The molecule has 566 valence electrons. The summed E-state index contributed by atoms with van der Waals surface area (Å²) < 4.78 is 22.9. The van der Waals surface area contributed by atoms with Crippen molar-refractivity contribution in [2.45, 2.75) is 360 Å². The van der Waals surface area contributed by atoms with Gasteiger partial charge in [0.05, 0.1) is 40.3 Å². The van der Waals surface area contributed by atoms with Gasteiger partial charge in [-0.05, 0) is 116 Å². The Kier molecular flexibility index (Phi) is 75.0. The SMILES string of the molecule is CC/C=C\C/C=C\C/C=C\C/C=C\C/C=C\C/C=C\C/C=C\C/C=C\CCCCCCCCCCCCC(=O)OC(COC(=O)CCCCCCCCCCCCCCCCCCCCCCCCCCCC/C=C\C/C=C\C/C=C\C/C=C\CC)COC(OCC[N+](C)(C)C)C(=O)[O-]. The van der Waals surface area contributed by atoms with E-state index in [1.807, 2.05) is 21.1 Å². The number of carbonyl (C=O) groups is 3. The summed E-state index contributed by atoms with van der Waals surface area (Å²) in [5.74, 6) is -2.28. The Hall–Kier alpha value is -4.83. The van der Waals surface area contributed by atoms with E-state index in [9.17, 15) is 19.5 Å². The van der Waals surface area contributed by atoms with Gasteiger partial charge in [-0.25, -0.2) is 0 Å². The zero-order chi connectivity index (χ0) is 71.8. The maximum atomic E-state index is 13.0. The Morgan fingerprint density at radius 1 is 0.303 bits per heavy atom. The van der Waals surface area contributed by atoms with E-state index in [1.165, 1.54) is 193 Å². The van der Waals surface area contributed by atoms with Gasteiger partial charge in [0.25, 0.3) is 0 Å². The number of carboxylic acid groups (broad SMARTS) is 1. The van der Waals surface area contributed by atoms with Gasteiger partial charge in [0, 0.05) is 12.8 Å². The van der Waals surface area contributed by atoms with E-state index >= 15 is 0 Å². The third-order valence-electron chi connectivity index (χ3n) is 17.6. The van der Waals surface area contributed by atoms with Crippen LogP contribution in [0.2, 0.25) is 0 Å². The lowest BCUT2D eigenvalue weighted by atomic mass is 10.0. The maximum Gasteiger partial charge on any atom is 0.306 e. The molecule has 0 aliphatic rings. The lowest BCUT2D eigenvalue weighted by Crippen LogP contribution is -2.44. The van der Waals surface area contributed by atoms with Crippen LogP contribution in [0.4, 0.5) is 0 Å². The summed E-state index contributed by atoms with van der Waals surface area (Å²) in [6, 6.07) is 0. The second kappa shape index (κ2) is 78.9. The highest BCUT2D eigenvalue weighted by Crippen LogP contribution is 2.19. The monoisotopic (exact) mass is 1380 g/mol. The standard InChI is InChI=1S/C90H153NO8/c1-6-8-10-12-14-16-18-20-22-24-26-28-30-32-34-36-38-40-42-43-44-45-47-48-50-52-54-56-58-60-62-64-66-68-70-72-74-76-78-80-87(92)97-84-86(85-98-90(89(94)95)96-83-82-91(3,4)5)99-88(93)81-79-77-75-73-71-69-67-65-63-61-59-57-55-53-51-49-46-41-39-37-35-33-31-29-27-25-23-21-19-17-15-13-11-9-7-2/h8-11,14-17,20-23,26-29,33,35,39,41,49,51,55,57,86,90H,6-7,12-13,18-19,24-25,30-32,34,36-38,40,42-48,50,52-54,56,58-85H2,1-5H3/b10-8-,11-9-,16-14-,17-15-,22-20-,23-21-,28-26-,29-27-,35-33-,41-39-,51-49-,57-55-. The quantitative estimate of drug-likeness (QED) is 0.0195. The van der Waals surface area contributed by atoms with Crippen molar-refractivity contribution in [2.75, 3.05) is 47.5 Å². The number of aliphatic carboxylic acids is 1. The van der Waals surface area contributed by atoms with Crippen LogP contribution in [0.3, 0.4) is 0 Å². The molecular formula is C90H153NO8. The van der Waals surface area contributed by atoms with Crippen LogP contribution in [0.5, 0.6) is 0 Å². The number of unbranched alkanes of at least 4 members (excludes halogenated alkanes) is 36. The summed E-state index contributed by atoms with van der Waals surface area (Å²) in [4.78, 5) is 37.6. The predicted molar refractivity (Wildman–Crippen MR) is 426 cm³/mol. The first-order valence-electron chi connectivity index (χ1n) is 41.0. The molecule has 0 saturated heterocycles. The minimum absolute atomic E-state index is 0.143. The van der Waals surface area contributed by atoms with E-state index in [0.717, 1.165) is 122 Å². The van der Waals surface area contributed by atoms with E-state index in [-0.39, 0.29) is 38.6 Å². The minimum atomic E-state index is -1.63. The Morgan fingerprint density at radius 3 is 0.808 bits per heavy atom. The summed E-state index contributed by atoms with van der Waals surface area (Å²) in [6.45, 7) is 4.54. The molecule has 0 heterocycles. The Labute approximate surface area is 611 Å². The number of quaternary nitrogens is 1. The summed E-state index contributed by atoms with van der Waals surface area (Å²) in [7, 11) is 5.94. The lowest BCUT2D eigenvalue weighted by molar-refractivity contribution is -0.870. The number of carbonyl (C=O) groups excluding carboxylic acids is 3. The molecule has 2 unspecified atom stereocenters. The number of hydrogen-bond acceptors (Lipinski definition) is 8. The molecule has 0 radical (unpaired) electrons. The van der Waals surface area contributed by atoms with Gasteiger partial charge in [-0.1, -0.05) is 365 Å². The molecule has 9 nitrogen and oxygen atoms in total. The molecule has 0 fully saturated rings. The van der Waals surface area contributed by atoms with Gasteiger partial charge < -0.3 is 33.3 Å². The summed E-state index contributed by atoms with van der Waals surface area (Å²) in [5, 5.41) is 11.9. The van der Waals surface area contributed by atoms with Gasteiger partial charge in [-0.2, -0.15) is 0 Å². The van der Waals surface area contributed by atoms with E-state index in [2.05, 4.69) is 160 Å². The second-order valence-electron chi connectivity index (χ2n) is 28.3. The highest BCUT2D eigenvalue weighted by Gasteiger charge is 2.22. The van der Waals surface area contributed by atoms with Gasteiger partial charge in [0.2, 0.25) is 0 Å². The fourth-order valence-electron chi connectivity index (χ4n) is 11.4. The van der Waals surface area contributed by atoms with E-state index < -0.39 is 24.3 Å². The van der Waals surface area contributed by atoms with Crippen molar-refractivity contribution in [3.8, 4) is 0 Å². The Balaban J connectivity index is 4.02. The van der Waals surface area contributed by atoms with Crippen LogP contribution in [0.15, 0.2) is 146 Å². The van der Waals surface area contributed by atoms with Crippen LogP contribution in [0, 0.1) is 0 Å². The van der Waals surface area contributed by atoms with Crippen molar-refractivity contribution >= 4 is 17.9 Å². The second-order valence-corrected chi connectivity index (χ2v) is 28.3. The summed E-state index contributed by atoms with van der Waals surface area (Å²) in [5.41, 5.74) is 0. The maximum absolute atomic E-state index is 13.0. The van der Waals surface area contributed by atoms with Crippen molar-refractivity contribution in [3.05, 3.63) is 146 Å². The molecule has 0 aromatic heterocycles. The molecule has 99 heavy (non-hydrogen) atoms. The minimum Gasteiger partial charge on any atom is -0.545 e. The van der Waals surface area contributed by atoms with Crippen molar-refractivity contribution in [3.63, 3.8) is 0 Å². The van der Waals surface area contributed by atoms with Crippen molar-refractivity contribution in [1.82, 2.24) is 0 Å². The zero-order valence-corrected chi connectivity index (χ0v) is 64.8. The van der Waals surface area contributed by atoms with E-state index in [0.29, 0.717) is 17.4 Å². The average molecular weight is 1380 g/mol. The van der Waals surface area contributed by atoms with Gasteiger partial charge >= 0.3 is 11.9 Å². The van der Waals surface area contributed by atoms with Crippen LogP contribution in [-0.2, 0) is 33.3 Å². The number of hydrogen-bond donors (Lipinski definition) is 0. The number of esters is 2. The number of nitrogens with zero attached hydrogens (tertiary/aromatic N) is 1. The third-order valence-corrected chi connectivity index (χ3v) is 17.6. The molecular weight excluding hydrogens is 1220 g/mol. The zero-order valence-electron chi connectivity index (χ0n) is 64.8. The molecule has 0 saturated carbocycles. The predicted octanol–water partition coefficient (Wildman–Crippen LogP) is 25.3. The van der Waals surface area contributed by atoms with Crippen LogP contribution in [0.1, 0.15) is 348 Å². The molecule has 2 atom stereocenters. The summed E-state index contributed by atoms with van der Waals surface area (Å²) >= 11 is 0. The van der Waals surface area contributed by atoms with Crippen molar-refractivity contribution in [1.29, 1.82) is 0 Å². The molecule has 0 spiro atoms. The average Bonchev–Trinajstić information content (AvgIpc) is 1.16. The van der Waals surface area contributed by atoms with Gasteiger partial charge in [-0.15, -0.1) is 0 Å². The first kappa shape index (κ1) is 94.2. The Morgan fingerprint density at radius 2 is 0.545 bits per heavy atom. The van der Waals surface area contributed by atoms with Gasteiger partial charge in [0.1, 0.15) is 13.2 Å². The normalized spacial score (nSPS) is 13.4. The fourth-order valence-corrected chi connectivity index (χ4v) is 11.4. The van der Waals surface area contributed by atoms with Crippen LogP contribution >= 0.6 is 0 Å². The molecule has 0 rings (SSSR count). The van der Waals surface area contributed by atoms with Gasteiger partial charge in [0.15, 0.2) is 12.4 Å². The van der Waals surface area contributed by atoms with Crippen LogP contribution < -0.4 is 5.11 Å². The molecule has 0 aliphatic heterocycles. The van der Waals surface area contributed by atoms with Crippen LogP contribution in [-0.4, -0.2) is 82.3 Å². The molecule has 0 amide bonds. The van der Waals surface area contributed by atoms with Crippen molar-refractivity contribution < 1.29 is 42.9 Å². The highest BCUT2D eigenvalue weighted by molar-refractivity contribution is 5.70. The topological polar surface area (TPSA) is 111 Å². The number of allylic oxidation sites excluding steroid dienone is 24. The number of carboxylic acids is 1. The molecule has 0 aliphatic carbocycles. The van der Waals surface area contributed by atoms with E-state index in [1.54, 1.807) is 0 Å². The first-order valence-corrected chi connectivity index (χ1v) is 41.0. The smallest absolute Gasteiger partial charge is 0.306 e. The number of rotatable bonds is 75. The molecule has 0 aromatic carbocycles.